The van der Waals surface area contributed by atoms with Crippen molar-refractivity contribution in [2.75, 3.05) is 6.54 Å². The van der Waals surface area contributed by atoms with Crippen molar-refractivity contribution in [3.05, 3.63) is 69.2 Å². The average Bonchev–Trinajstić information content (AvgIpc) is 3.07. The summed E-state index contributed by atoms with van der Waals surface area (Å²) >= 11 is 1.43. The lowest BCUT2D eigenvalue weighted by atomic mass is 10.2. The summed E-state index contributed by atoms with van der Waals surface area (Å²) in [5.41, 5.74) is 0.733. The molecule has 3 rings (SSSR count). The zero-order valence-corrected chi connectivity index (χ0v) is 14.2. The number of nitrogens with one attached hydrogen (secondary N) is 1. The fraction of sp³-hybridized carbons (Fsp3) is 0.118. The molecule has 0 unspecified atom stereocenters. The number of nitrogens with zero attached hydrogens (tertiary/aromatic N) is 2. The predicted octanol–water partition coefficient (Wildman–Crippen LogP) is 2.68. The summed E-state index contributed by atoms with van der Waals surface area (Å²) in [6.07, 6.45) is 0. The van der Waals surface area contributed by atoms with E-state index in [1.807, 2.05) is 24.3 Å². The van der Waals surface area contributed by atoms with Crippen molar-refractivity contribution in [2.24, 2.45) is 0 Å². The molecule has 1 aromatic heterocycles. The second-order valence-corrected chi connectivity index (χ2v) is 6.34. The van der Waals surface area contributed by atoms with E-state index >= 15 is 0 Å². The highest BCUT2D eigenvalue weighted by Crippen LogP contribution is 2.21. The number of hydrogen-bond donors (Lipinski definition) is 1. The number of nitro groups is 1. The van der Waals surface area contributed by atoms with E-state index in [4.69, 9.17) is 4.74 Å². The Balaban J connectivity index is 1.51. The van der Waals surface area contributed by atoms with Crippen LogP contribution in [0.25, 0.3) is 10.2 Å². The number of para-hydroxylation sites is 1. The first-order valence-electron chi connectivity index (χ1n) is 7.55. The summed E-state index contributed by atoms with van der Waals surface area (Å²) in [5.74, 6) is -1.21. The minimum atomic E-state index is -0.622. The lowest BCUT2D eigenvalue weighted by Gasteiger charge is -2.05. The highest BCUT2D eigenvalue weighted by molar-refractivity contribution is 7.18. The van der Waals surface area contributed by atoms with Crippen LogP contribution in [0.2, 0.25) is 0 Å². The zero-order chi connectivity index (χ0) is 18.5. The summed E-state index contributed by atoms with van der Waals surface area (Å²) in [6.45, 7) is -0.322. The van der Waals surface area contributed by atoms with Gasteiger partial charge in [-0.25, -0.2) is 4.98 Å². The third-order valence-corrected chi connectivity index (χ3v) is 4.42. The summed E-state index contributed by atoms with van der Waals surface area (Å²) in [5, 5.41) is 13.8. The fourth-order valence-electron chi connectivity index (χ4n) is 2.19. The van der Waals surface area contributed by atoms with Crippen LogP contribution in [0.15, 0.2) is 48.5 Å². The van der Waals surface area contributed by atoms with E-state index in [1.165, 1.54) is 29.5 Å². The normalized spacial score (nSPS) is 10.5. The van der Waals surface area contributed by atoms with Gasteiger partial charge in [0.2, 0.25) is 0 Å². The van der Waals surface area contributed by atoms with E-state index in [0.29, 0.717) is 5.01 Å². The van der Waals surface area contributed by atoms with Gasteiger partial charge in [0.25, 0.3) is 11.6 Å². The van der Waals surface area contributed by atoms with E-state index < -0.39 is 16.8 Å². The van der Waals surface area contributed by atoms with Crippen molar-refractivity contribution in [3.63, 3.8) is 0 Å². The molecule has 0 aliphatic heterocycles. The maximum absolute atomic E-state index is 12.0. The first kappa shape index (κ1) is 17.5. The van der Waals surface area contributed by atoms with Crippen LogP contribution in [-0.2, 0) is 16.1 Å². The fourth-order valence-corrected chi connectivity index (χ4v) is 3.07. The Hall–Kier alpha value is -3.33. The highest BCUT2D eigenvalue weighted by atomic mass is 32.1. The van der Waals surface area contributed by atoms with Crippen LogP contribution in [0.5, 0.6) is 0 Å². The number of hydrogen-bond acceptors (Lipinski definition) is 7. The van der Waals surface area contributed by atoms with Gasteiger partial charge < -0.3 is 10.1 Å². The molecular weight excluding hydrogens is 358 g/mol. The Kier molecular flexibility index (Phi) is 5.18. The molecule has 0 fully saturated rings. The molecule has 0 aliphatic carbocycles. The molecule has 2 aromatic carbocycles. The van der Waals surface area contributed by atoms with Gasteiger partial charge in [0.15, 0.2) is 0 Å². The third kappa shape index (κ3) is 4.19. The Bertz CT molecular complexity index is 952. The van der Waals surface area contributed by atoms with Crippen LogP contribution in [0.1, 0.15) is 15.4 Å². The van der Waals surface area contributed by atoms with Crippen LogP contribution < -0.4 is 5.32 Å². The Morgan fingerprint density at radius 2 is 2.00 bits per heavy atom. The first-order chi connectivity index (χ1) is 12.5. The van der Waals surface area contributed by atoms with Crippen molar-refractivity contribution in [2.45, 2.75) is 6.61 Å². The van der Waals surface area contributed by atoms with Crippen molar-refractivity contribution >= 4 is 39.1 Å². The van der Waals surface area contributed by atoms with Crippen LogP contribution in [0.4, 0.5) is 5.69 Å². The largest absolute Gasteiger partial charge is 0.457 e. The zero-order valence-electron chi connectivity index (χ0n) is 13.4. The number of carbonyl (C=O) groups excluding carboxylic acids is 2. The summed E-state index contributed by atoms with van der Waals surface area (Å²) in [7, 11) is 0. The van der Waals surface area contributed by atoms with E-state index in [0.717, 1.165) is 16.3 Å². The Morgan fingerprint density at radius 3 is 2.77 bits per heavy atom. The molecule has 0 spiro atoms. The SMILES string of the molecule is O=C(CNC(=O)c1cccc([N+](=O)[O-])c1)OCc1nc2ccccc2s1. The molecule has 132 valence electrons. The highest BCUT2D eigenvalue weighted by Gasteiger charge is 2.13. The number of ether oxygens (including phenoxy) is 1. The number of thiazole rings is 1. The molecular formula is C17H13N3O5S. The van der Waals surface area contributed by atoms with Crippen LogP contribution in [-0.4, -0.2) is 28.3 Å². The molecule has 0 bridgehead atoms. The average molecular weight is 371 g/mol. The Morgan fingerprint density at radius 1 is 1.19 bits per heavy atom. The third-order valence-electron chi connectivity index (χ3n) is 3.41. The summed E-state index contributed by atoms with van der Waals surface area (Å²) in [6, 6.07) is 12.8. The van der Waals surface area contributed by atoms with E-state index in [9.17, 15) is 19.7 Å². The van der Waals surface area contributed by atoms with Gasteiger partial charge in [0, 0.05) is 17.7 Å². The summed E-state index contributed by atoms with van der Waals surface area (Å²) in [4.78, 5) is 38.2. The number of non-ortho nitro benzene ring substituents is 1. The van der Waals surface area contributed by atoms with Crippen LogP contribution >= 0.6 is 11.3 Å². The van der Waals surface area contributed by atoms with Crippen molar-refractivity contribution in [3.8, 4) is 0 Å². The molecule has 0 saturated carbocycles. The number of amides is 1. The molecule has 0 radical (unpaired) electrons. The van der Waals surface area contributed by atoms with Crippen molar-refractivity contribution in [1.82, 2.24) is 10.3 Å². The minimum Gasteiger partial charge on any atom is -0.457 e. The monoisotopic (exact) mass is 371 g/mol. The molecule has 0 aliphatic rings. The van der Waals surface area contributed by atoms with Gasteiger partial charge in [0.1, 0.15) is 18.2 Å². The number of aromatic nitrogens is 1. The van der Waals surface area contributed by atoms with Crippen molar-refractivity contribution < 1.29 is 19.2 Å². The van der Waals surface area contributed by atoms with Crippen molar-refractivity contribution in [1.29, 1.82) is 0 Å². The van der Waals surface area contributed by atoms with E-state index in [1.54, 1.807) is 0 Å². The molecule has 0 atom stereocenters. The predicted molar refractivity (Wildman–Crippen MR) is 94.8 cm³/mol. The molecule has 3 aromatic rings. The molecule has 1 heterocycles. The lowest BCUT2D eigenvalue weighted by Crippen LogP contribution is -2.30. The van der Waals surface area contributed by atoms with Crippen LogP contribution in [0, 0.1) is 10.1 Å². The van der Waals surface area contributed by atoms with Gasteiger partial charge in [-0.05, 0) is 18.2 Å². The lowest BCUT2D eigenvalue weighted by molar-refractivity contribution is -0.384. The van der Waals surface area contributed by atoms with Gasteiger partial charge >= 0.3 is 5.97 Å². The molecule has 26 heavy (non-hydrogen) atoms. The number of nitro benzene ring substituents is 1. The molecule has 1 amide bonds. The number of benzene rings is 2. The number of carbonyl (C=O) groups is 2. The van der Waals surface area contributed by atoms with Gasteiger partial charge in [-0.2, -0.15) is 0 Å². The van der Waals surface area contributed by atoms with Gasteiger partial charge in [-0.15, -0.1) is 11.3 Å². The standard InChI is InChI=1S/C17H13N3O5S/c21-16(25-10-15-19-13-6-1-2-7-14(13)26-15)9-18-17(22)11-4-3-5-12(8-11)20(23)24/h1-8H,9-10H2,(H,18,22). The molecule has 1 N–H and O–H groups in total. The topological polar surface area (TPSA) is 111 Å². The van der Waals surface area contributed by atoms with Gasteiger partial charge in [-0.1, -0.05) is 18.2 Å². The molecule has 9 heteroatoms. The quantitative estimate of drug-likeness (QED) is 0.405. The van der Waals surface area contributed by atoms with Gasteiger partial charge in [-0.3, -0.25) is 19.7 Å². The number of fused-ring (bicyclic) bond motifs is 1. The first-order valence-corrected chi connectivity index (χ1v) is 8.37. The Labute approximate surface area is 151 Å². The minimum absolute atomic E-state index is 0.0187. The molecule has 0 saturated heterocycles. The van der Waals surface area contributed by atoms with E-state index in [-0.39, 0.29) is 24.4 Å². The number of esters is 1. The smallest absolute Gasteiger partial charge is 0.325 e. The number of rotatable bonds is 6. The van der Waals surface area contributed by atoms with Gasteiger partial charge in [0.05, 0.1) is 15.1 Å². The van der Waals surface area contributed by atoms with Crippen LogP contribution in [0.3, 0.4) is 0 Å². The van der Waals surface area contributed by atoms with E-state index in [2.05, 4.69) is 10.3 Å². The second-order valence-electron chi connectivity index (χ2n) is 5.23. The second kappa shape index (κ2) is 7.70. The molecule has 8 nitrogen and oxygen atoms in total. The maximum atomic E-state index is 12.0. The maximum Gasteiger partial charge on any atom is 0.325 e. The summed E-state index contributed by atoms with van der Waals surface area (Å²) < 4.78 is 6.09.